The van der Waals surface area contributed by atoms with Crippen LogP contribution in [0, 0.1) is 0 Å². The standard InChI is InChI=1S/C24H22N2O3/c1-3-16-7-9-18(10-8-16)25-23(27)21-6-4-5-17-15-26(24(28)22(17)21)19-11-13-20(29-2)14-12-19/h4-14H,3,15H2,1-2H3,(H,25,27). The number of benzene rings is 3. The second-order valence-electron chi connectivity index (χ2n) is 6.93. The summed E-state index contributed by atoms with van der Waals surface area (Å²) in [6, 6.07) is 20.5. The Morgan fingerprint density at radius 2 is 1.76 bits per heavy atom. The number of anilines is 2. The molecule has 1 N–H and O–H groups in total. The Labute approximate surface area is 169 Å². The first-order valence-electron chi connectivity index (χ1n) is 9.59. The van der Waals surface area contributed by atoms with Crippen LogP contribution in [0.2, 0.25) is 0 Å². The van der Waals surface area contributed by atoms with Gasteiger partial charge in [0.25, 0.3) is 11.8 Å². The van der Waals surface area contributed by atoms with E-state index in [9.17, 15) is 9.59 Å². The van der Waals surface area contributed by atoms with Gasteiger partial charge in [-0.2, -0.15) is 0 Å². The van der Waals surface area contributed by atoms with Crippen LogP contribution in [-0.2, 0) is 13.0 Å². The number of aryl methyl sites for hydroxylation is 1. The second kappa shape index (κ2) is 7.80. The summed E-state index contributed by atoms with van der Waals surface area (Å²) in [4.78, 5) is 27.7. The van der Waals surface area contributed by atoms with Crippen molar-refractivity contribution < 1.29 is 14.3 Å². The number of carbonyl (C=O) groups excluding carboxylic acids is 2. The third kappa shape index (κ3) is 3.59. The minimum absolute atomic E-state index is 0.169. The fourth-order valence-electron chi connectivity index (χ4n) is 3.54. The molecule has 3 aromatic rings. The first-order valence-corrected chi connectivity index (χ1v) is 9.59. The minimum Gasteiger partial charge on any atom is -0.497 e. The molecular weight excluding hydrogens is 364 g/mol. The van der Waals surface area contributed by atoms with E-state index in [0.717, 1.165) is 23.4 Å². The zero-order valence-electron chi connectivity index (χ0n) is 16.4. The molecule has 1 aliphatic heterocycles. The highest BCUT2D eigenvalue weighted by Crippen LogP contribution is 2.31. The van der Waals surface area contributed by atoms with Crippen LogP contribution >= 0.6 is 0 Å². The average Bonchev–Trinajstić information content (AvgIpc) is 3.11. The van der Waals surface area contributed by atoms with E-state index in [-0.39, 0.29) is 11.8 Å². The number of carbonyl (C=O) groups is 2. The molecule has 29 heavy (non-hydrogen) atoms. The Morgan fingerprint density at radius 3 is 2.41 bits per heavy atom. The third-order valence-corrected chi connectivity index (χ3v) is 5.19. The molecule has 0 radical (unpaired) electrons. The molecule has 1 aliphatic rings. The van der Waals surface area contributed by atoms with E-state index in [0.29, 0.717) is 23.4 Å². The molecule has 2 amide bonds. The largest absolute Gasteiger partial charge is 0.497 e. The van der Waals surface area contributed by atoms with E-state index >= 15 is 0 Å². The molecule has 0 saturated heterocycles. The van der Waals surface area contributed by atoms with Gasteiger partial charge in [0.05, 0.1) is 24.8 Å². The van der Waals surface area contributed by atoms with Crippen molar-refractivity contribution in [1.82, 2.24) is 0 Å². The third-order valence-electron chi connectivity index (χ3n) is 5.19. The molecule has 0 saturated carbocycles. The average molecular weight is 386 g/mol. The van der Waals surface area contributed by atoms with Crippen LogP contribution in [0.15, 0.2) is 66.7 Å². The summed E-state index contributed by atoms with van der Waals surface area (Å²) in [5, 5.41) is 2.90. The molecule has 5 nitrogen and oxygen atoms in total. The Balaban J connectivity index is 1.60. The van der Waals surface area contributed by atoms with Gasteiger partial charge in [0.15, 0.2) is 0 Å². The SMILES string of the molecule is CCc1ccc(NC(=O)c2cccc3c2C(=O)N(c2ccc(OC)cc2)C3)cc1. The smallest absolute Gasteiger partial charge is 0.259 e. The molecule has 0 unspecified atom stereocenters. The summed E-state index contributed by atoms with van der Waals surface area (Å²) in [6.45, 7) is 2.52. The zero-order valence-corrected chi connectivity index (χ0v) is 16.4. The van der Waals surface area contributed by atoms with Gasteiger partial charge in [0.2, 0.25) is 0 Å². The highest BCUT2D eigenvalue weighted by molar-refractivity contribution is 6.18. The predicted octanol–water partition coefficient (Wildman–Crippen LogP) is 4.67. The molecular formula is C24H22N2O3. The molecule has 5 heteroatoms. The van der Waals surface area contributed by atoms with Gasteiger partial charge in [0.1, 0.15) is 5.75 Å². The number of amides is 2. The summed E-state index contributed by atoms with van der Waals surface area (Å²) in [5.41, 5.74) is 4.39. The van der Waals surface area contributed by atoms with Crippen molar-refractivity contribution in [3.05, 3.63) is 89.0 Å². The van der Waals surface area contributed by atoms with E-state index in [4.69, 9.17) is 4.74 Å². The quantitative estimate of drug-likeness (QED) is 0.693. The molecule has 0 bridgehead atoms. The Bertz CT molecular complexity index is 1060. The molecule has 0 fully saturated rings. The molecule has 0 aliphatic carbocycles. The van der Waals surface area contributed by atoms with Crippen LogP contribution in [0.5, 0.6) is 5.75 Å². The van der Waals surface area contributed by atoms with Crippen molar-refractivity contribution in [2.24, 2.45) is 0 Å². The van der Waals surface area contributed by atoms with Crippen LogP contribution in [0.1, 0.15) is 38.8 Å². The van der Waals surface area contributed by atoms with E-state index in [1.807, 2.05) is 60.7 Å². The van der Waals surface area contributed by atoms with Gasteiger partial charge in [0, 0.05) is 11.4 Å². The minimum atomic E-state index is -0.281. The first kappa shape index (κ1) is 18.7. The lowest BCUT2D eigenvalue weighted by atomic mass is 10.0. The van der Waals surface area contributed by atoms with Crippen LogP contribution in [0.25, 0.3) is 0 Å². The van der Waals surface area contributed by atoms with Crippen molar-refractivity contribution in [2.75, 3.05) is 17.3 Å². The normalized spacial score (nSPS) is 12.6. The summed E-state index contributed by atoms with van der Waals surface area (Å²) in [5.74, 6) is 0.278. The first-order chi connectivity index (χ1) is 14.1. The fraction of sp³-hybridized carbons (Fsp3) is 0.167. The predicted molar refractivity (Wildman–Crippen MR) is 114 cm³/mol. The molecule has 4 rings (SSSR count). The number of fused-ring (bicyclic) bond motifs is 1. The molecule has 1 heterocycles. The zero-order chi connectivity index (χ0) is 20.4. The monoisotopic (exact) mass is 386 g/mol. The van der Waals surface area contributed by atoms with Crippen LogP contribution < -0.4 is 15.0 Å². The maximum Gasteiger partial charge on any atom is 0.259 e. The summed E-state index contributed by atoms with van der Waals surface area (Å²) >= 11 is 0. The van der Waals surface area contributed by atoms with E-state index in [1.54, 1.807) is 18.1 Å². The fourth-order valence-corrected chi connectivity index (χ4v) is 3.54. The Hall–Kier alpha value is -3.60. The van der Waals surface area contributed by atoms with Crippen molar-refractivity contribution in [1.29, 1.82) is 0 Å². The molecule has 0 spiro atoms. The number of methoxy groups -OCH3 is 1. The Kier molecular flexibility index (Phi) is 5.04. The molecule has 146 valence electrons. The van der Waals surface area contributed by atoms with Gasteiger partial charge in [-0.3, -0.25) is 9.59 Å². The lowest BCUT2D eigenvalue weighted by Gasteiger charge is -2.16. The number of rotatable bonds is 5. The second-order valence-corrected chi connectivity index (χ2v) is 6.93. The van der Waals surface area contributed by atoms with Gasteiger partial charge in [-0.25, -0.2) is 0 Å². The van der Waals surface area contributed by atoms with E-state index in [1.165, 1.54) is 5.56 Å². The van der Waals surface area contributed by atoms with Gasteiger partial charge in [-0.05, 0) is 60.0 Å². The maximum atomic E-state index is 13.1. The maximum absolute atomic E-state index is 13.1. The molecule has 0 atom stereocenters. The van der Waals surface area contributed by atoms with Crippen molar-refractivity contribution in [3.63, 3.8) is 0 Å². The van der Waals surface area contributed by atoms with Crippen molar-refractivity contribution in [2.45, 2.75) is 19.9 Å². The highest BCUT2D eigenvalue weighted by Gasteiger charge is 2.32. The molecule has 3 aromatic carbocycles. The van der Waals surface area contributed by atoms with Gasteiger partial charge < -0.3 is 15.0 Å². The number of nitrogens with zero attached hydrogens (tertiary/aromatic N) is 1. The summed E-state index contributed by atoms with van der Waals surface area (Å²) < 4.78 is 5.19. The molecule has 0 aromatic heterocycles. The topological polar surface area (TPSA) is 58.6 Å². The van der Waals surface area contributed by atoms with Crippen LogP contribution in [0.4, 0.5) is 11.4 Å². The lowest BCUT2D eigenvalue weighted by Crippen LogP contribution is -2.24. The van der Waals surface area contributed by atoms with Gasteiger partial charge >= 0.3 is 0 Å². The van der Waals surface area contributed by atoms with Gasteiger partial charge in [-0.15, -0.1) is 0 Å². The Morgan fingerprint density at radius 1 is 1.03 bits per heavy atom. The number of hydrogen-bond acceptors (Lipinski definition) is 3. The van der Waals surface area contributed by atoms with Gasteiger partial charge in [-0.1, -0.05) is 31.2 Å². The van der Waals surface area contributed by atoms with Crippen LogP contribution in [0.3, 0.4) is 0 Å². The number of nitrogens with one attached hydrogen (secondary N) is 1. The number of hydrogen-bond donors (Lipinski definition) is 1. The number of ether oxygens (including phenoxy) is 1. The summed E-state index contributed by atoms with van der Waals surface area (Å²) in [7, 11) is 1.60. The van der Waals surface area contributed by atoms with Crippen molar-refractivity contribution >= 4 is 23.2 Å². The van der Waals surface area contributed by atoms with E-state index < -0.39 is 0 Å². The summed E-state index contributed by atoms with van der Waals surface area (Å²) in [6.07, 6.45) is 0.941. The highest BCUT2D eigenvalue weighted by atomic mass is 16.5. The lowest BCUT2D eigenvalue weighted by molar-refractivity contribution is 0.0976. The van der Waals surface area contributed by atoms with Crippen molar-refractivity contribution in [3.8, 4) is 5.75 Å². The van der Waals surface area contributed by atoms with Crippen LogP contribution in [-0.4, -0.2) is 18.9 Å². The van der Waals surface area contributed by atoms with E-state index in [2.05, 4.69) is 12.2 Å².